The molecule has 6 nitrogen and oxygen atoms in total. The number of nitrogens with one attached hydrogen (secondary N) is 2. The minimum absolute atomic E-state index is 0.0891. The van der Waals surface area contributed by atoms with Gasteiger partial charge in [0.1, 0.15) is 5.75 Å². The van der Waals surface area contributed by atoms with E-state index in [1.54, 1.807) is 0 Å². The van der Waals surface area contributed by atoms with Crippen LogP contribution in [0.3, 0.4) is 0 Å². The molecule has 0 spiro atoms. The van der Waals surface area contributed by atoms with Crippen LogP contribution in [0.1, 0.15) is 36.8 Å². The van der Waals surface area contributed by atoms with Crippen LogP contribution >= 0.6 is 11.3 Å². The van der Waals surface area contributed by atoms with Gasteiger partial charge in [0, 0.05) is 10.6 Å². The molecule has 0 fully saturated rings. The quantitative estimate of drug-likeness (QED) is 0.703. The Morgan fingerprint density at radius 2 is 2.04 bits per heavy atom. The standard InChI is InChI=1S/C18H23N3O3S/c1-11(2)24-13-6-7-14(12(3)9-13)20-17(22)10-15(21-18(19)23)16-5-4-8-25-16/h4-9,11,15H,10H2,1-3H3,(H,20,22)(H3,19,21,23). The Morgan fingerprint density at radius 1 is 1.28 bits per heavy atom. The number of aryl methyl sites for hydroxylation is 1. The van der Waals surface area contributed by atoms with E-state index in [9.17, 15) is 9.59 Å². The molecule has 1 heterocycles. The summed E-state index contributed by atoms with van der Waals surface area (Å²) in [5, 5.41) is 7.38. The van der Waals surface area contributed by atoms with Gasteiger partial charge >= 0.3 is 6.03 Å². The smallest absolute Gasteiger partial charge is 0.312 e. The van der Waals surface area contributed by atoms with Gasteiger partial charge < -0.3 is 21.1 Å². The molecule has 25 heavy (non-hydrogen) atoms. The molecular formula is C18H23N3O3S. The Kier molecular flexibility index (Phi) is 6.41. The number of amides is 3. The van der Waals surface area contributed by atoms with Gasteiger partial charge in [0.2, 0.25) is 5.91 Å². The fourth-order valence-electron chi connectivity index (χ4n) is 2.39. The second-order valence-electron chi connectivity index (χ2n) is 5.97. The number of benzene rings is 1. The summed E-state index contributed by atoms with van der Waals surface area (Å²) in [7, 11) is 0. The van der Waals surface area contributed by atoms with Crippen molar-refractivity contribution >= 4 is 29.0 Å². The van der Waals surface area contributed by atoms with Gasteiger partial charge in [0.15, 0.2) is 0 Å². The summed E-state index contributed by atoms with van der Waals surface area (Å²) in [6.07, 6.45) is 0.193. The Morgan fingerprint density at radius 3 is 2.60 bits per heavy atom. The van der Waals surface area contributed by atoms with Crippen LogP contribution in [0.2, 0.25) is 0 Å². The molecule has 1 aromatic carbocycles. The lowest BCUT2D eigenvalue weighted by molar-refractivity contribution is -0.116. The van der Waals surface area contributed by atoms with E-state index < -0.39 is 12.1 Å². The number of urea groups is 1. The molecule has 1 atom stereocenters. The number of carbonyl (C=O) groups is 2. The summed E-state index contributed by atoms with van der Waals surface area (Å²) in [5.41, 5.74) is 6.83. The van der Waals surface area contributed by atoms with Crippen molar-refractivity contribution in [3.8, 4) is 5.75 Å². The third-order valence-electron chi connectivity index (χ3n) is 3.44. The highest BCUT2D eigenvalue weighted by molar-refractivity contribution is 7.10. The average Bonchev–Trinajstić information content (AvgIpc) is 3.02. The van der Waals surface area contributed by atoms with E-state index in [1.807, 2.05) is 56.5 Å². The van der Waals surface area contributed by atoms with Crippen LogP contribution in [0, 0.1) is 6.92 Å². The molecule has 2 aromatic rings. The van der Waals surface area contributed by atoms with Gasteiger partial charge in [-0.15, -0.1) is 11.3 Å². The van der Waals surface area contributed by atoms with Gasteiger partial charge in [-0.1, -0.05) is 6.07 Å². The van der Waals surface area contributed by atoms with Gasteiger partial charge in [-0.05, 0) is 56.0 Å². The number of nitrogens with two attached hydrogens (primary N) is 1. The Hall–Kier alpha value is -2.54. The monoisotopic (exact) mass is 361 g/mol. The minimum atomic E-state index is -0.655. The molecule has 0 aliphatic heterocycles. The molecule has 0 saturated carbocycles. The van der Waals surface area contributed by atoms with Crippen molar-refractivity contribution in [1.29, 1.82) is 0 Å². The first kappa shape index (κ1) is 18.8. The fourth-order valence-corrected chi connectivity index (χ4v) is 3.17. The second kappa shape index (κ2) is 8.53. The summed E-state index contributed by atoms with van der Waals surface area (Å²) in [6, 6.07) is 8.15. The van der Waals surface area contributed by atoms with Crippen molar-refractivity contribution in [2.75, 3.05) is 5.32 Å². The van der Waals surface area contributed by atoms with E-state index in [2.05, 4.69) is 10.6 Å². The van der Waals surface area contributed by atoms with Crippen LogP contribution in [-0.4, -0.2) is 18.0 Å². The molecule has 7 heteroatoms. The molecular weight excluding hydrogens is 338 g/mol. The van der Waals surface area contributed by atoms with Crippen LogP contribution in [0.15, 0.2) is 35.7 Å². The largest absolute Gasteiger partial charge is 0.491 e. The van der Waals surface area contributed by atoms with Gasteiger partial charge in [0.05, 0.1) is 18.6 Å². The van der Waals surface area contributed by atoms with Crippen molar-refractivity contribution in [1.82, 2.24) is 5.32 Å². The van der Waals surface area contributed by atoms with Crippen molar-refractivity contribution in [2.45, 2.75) is 39.3 Å². The number of thiophene rings is 1. The highest BCUT2D eigenvalue weighted by Gasteiger charge is 2.19. The second-order valence-corrected chi connectivity index (χ2v) is 6.95. The normalized spacial score (nSPS) is 11.8. The van der Waals surface area contributed by atoms with E-state index in [1.165, 1.54) is 11.3 Å². The molecule has 0 bridgehead atoms. The van der Waals surface area contributed by atoms with Crippen molar-refractivity contribution in [3.63, 3.8) is 0 Å². The molecule has 1 unspecified atom stereocenters. The number of primary amides is 1. The summed E-state index contributed by atoms with van der Waals surface area (Å²) < 4.78 is 5.64. The first-order chi connectivity index (χ1) is 11.8. The van der Waals surface area contributed by atoms with Crippen LogP contribution in [-0.2, 0) is 4.79 Å². The van der Waals surface area contributed by atoms with Crippen molar-refractivity contribution in [2.24, 2.45) is 5.73 Å². The number of carbonyl (C=O) groups excluding carboxylic acids is 2. The van der Waals surface area contributed by atoms with Crippen LogP contribution < -0.4 is 21.1 Å². The van der Waals surface area contributed by atoms with E-state index >= 15 is 0 Å². The molecule has 0 radical (unpaired) electrons. The maximum absolute atomic E-state index is 12.4. The first-order valence-corrected chi connectivity index (χ1v) is 8.89. The zero-order chi connectivity index (χ0) is 18.4. The summed E-state index contributed by atoms with van der Waals surface area (Å²) in [4.78, 5) is 24.5. The lowest BCUT2D eigenvalue weighted by atomic mass is 10.1. The first-order valence-electron chi connectivity index (χ1n) is 8.01. The fraction of sp³-hybridized carbons (Fsp3) is 0.333. The third kappa shape index (κ3) is 5.79. The lowest BCUT2D eigenvalue weighted by Gasteiger charge is -2.17. The van der Waals surface area contributed by atoms with Crippen LogP contribution in [0.25, 0.3) is 0 Å². The van der Waals surface area contributed by atoms with Gasteiger partial charge in [-0.3, -0.25) is 4.79 Å². The zero-order valence-electron chi connectivity index (χ0n) is 14.5. The zero-order valence-corrected chi connectivity index (χ0v) is 15.4. The lowest BCUT2D eigenvalue weighted by Crippen LogP contribution is -2.34. The predicted octanol–water partition coefficient (Wildman–Crippen LogP) is 3.58. The van der Waals surface area contributed by atoms with Gasteiger partial charge in [-0.25, -0.2) is 4.79 Å². The number of hydrogen-bond donors (Lipinski definition) is 3. The Balaban J connectivity index is 2.04. The molecule has 0 aliphatic carbocycles. The highest BCUT2D eigenvalue weighted by Crippen LogP contribution is 2.25. The average molecular weight is 361 g/mol. The SMILES string of the molecule is Cc1cc(OC(C)C)ccc1NC(=O)CC(NC(N)=O)c1cccs1. The number of hydrogen-bond acceptors (Lipinski definition) is 4. The summed E-state index contributed by atoms with van der Waals surface area (Å²) in [5.74, 6) is 0.560. The highest BCUT2D eigenvalue weighted by atomic mass is 32.1. The summed E-state index contributed by atoms with van der Waals surface area (Å²) >= 11 is 1.47. The maximum atomic E-state index is 12.4. The molecule has 4 N–H and O–H groups in total. The third-order valence-corrected chi connectivity index (χ3v) is 4.42. The van der Waals surface area contributed by atoms with Crippen molar-refractivity contribution in [3.05, 3.63) is 46.2 Å². The van der Waals surface area contributed by atoms with E-state index in [0.717, 1.165) is 16.2 Å². The Labute approximate surface area is 151 Å². The molecule has 0 aliphatic rings. The number of anilines is 1. The van der Waals surface area contributed by atoms with E-state index in [-0.39, 0.29) is 18.4 Å². The van der Waals surface area contributed by atoms with E-state index in [0.29, 0.717) is 5.69 Å². The molecule has 134 valence electrons. The topological polar surface area (TPSA) is 93.4 Å². The van der Waals surface area contributed by atoms with Gasteiger partial charge in [0.25, 0.3) is 0 Å². The Bertz CT molecular complexity index is 729. The molecule has 3 amide bonds. The molecule has 1 aromatic heterocycles. The van der Waals surface area contributed by atoms with Crippen molar-refractivity contribution < 1.29 is 14.3 Å². The molecule has 2 rings (SSSR count). The minimum Gasteiger partial charge on any atom is -0.491 e. The van der Waals surface area contributed by atoms with Crippen LogP contribution in [0.4, 0.5) is 10.5 Å². The molecule has 0 saturated heterocycles. The van der Waals surface area contributed by atoms with Gasteiger partial charge in [-0.2, -0.15) is 0 Å². The van der Waals surface area contributed by atoms with E-state index in [4.69, 9.17) is 10.5 Å². The number of ether oxygens (including phenoxy) is 1. The summed E-state index contributed by atoms with van der Waals surface area (Å²) in [6.45, 7) is 5.82. The maximum Gasteiger partial charge on any atom is 0.312 e. The predicted molar refractivity (Wildman–Crippen MR) is 100.0 cm³/mol. The number of rotatable bonds is 7. The van der Waals surface area contributed by atoms with Crippen LogP contribution in [0.5, 0.6) is 5.75 Å².